The highest BCUT2D eigenvalue weighted by Gasteiger charge is 2.36. The van der Waals surface area contributed by atoms with Crippen LogP contribution in [0.4, 0.5) is 39.5 Å². The van der Waals surface area contributed by atoms with E-state index in [2.05, 4.69) is 248 Å². The van der Waals surface area contributed by atoms with Crippen molar-refractivity contribution >= 4 is 39.1 Å². The van der Waals surface area contributed by atoms with Gasteiger partial charge in [0.1, 0.15) is 31.3 Å². The molecule has 0 bridgehead atoms. The van der Waals surface area contributed by atoms with Crippen LogP contribution in [-0.2, 0) is 31.4 Å². The van der Waals surface area contributed by atoms with Crippen molar-refractivity contribution in [3.63, 3.8) is 0 Å². The van der Waals surface area contributed by atoms with Crippen molar-refractivity contribution in [2.45, 2.75) is 252 Å². The summed E-state index contributed by atoms with van der Waals surface area (Å²) < 4.78 is 132. The van der Waals surface area contributed by atoms with Crippen molar-refractivity contribution in [3.8, 4) is 34.1 Å². The molecule has 9 heterocycles. The number of alkyl halides is 9. The first-order valence-electron chi connectivity index (χ1n) is 52.7. The molecule has 0 amide bonds. The number of H-pyrrole nitrogens is 2. The molecule has 16 aromatic rings. The molecule has 150 heavy (non-hydrogen) atoms. The summed E-state index contributed by atoms with van der Waals surface area (Å²) in [4.78, 5) is 28.9. The van der Waals surface area contributed by atoms with E-state index in [1.165, 1.54) is 101 Å². The fourth-order valence-electron chi connectivity index (χ4n) is 10.9. The van der Waals surface area contributed by atoms with Gasteiger partial charge in [-0.15, -0.1) is 5.10 Å². The Kier molecular flexibility index (Phi) is 107. The summed E-state index contributed by atoms with van der Waals surface area (Å²) in [5.41, 5.74) is 8.04. The van der Waals surface area contributed by atoms with Crippen LogP contribution in [0.1, 0.15) is 246 Å². The van der Waals surface area contributed by atoms with Gasteiger partial charge in [-0.2, -0.15) is 39.5 Å². The zero-order valence-corrected chi connectivity index (χ0v) is 95.1. The number of nitrogens with zero attached hydrogens (tertiary/aromatic N) is 8. The van der Waals surface area contributed by atoms with Gasteiger partial charge in [-0.3, -0.25) is 20.3 Å². The van der Waals surface area contributed by atoms with Gasteiger partial charge in [0.15, 0.2) is 28.6 Å². The summed E-state index contributed by atoms with van der Waals surface area (Å²) in [5.74, 6) is 3.40. The molecule has 4 aliphatic heterocycles. The van der Waals surface area contributed by atoms with Gasteiger partial charge in [0.2, 0.25) is 6.79 Å². The molecule has 0 saturated carbocycles. The number of hydrogen-bond donors (Lipinski definition) is 5. The standard InChI is InChI=1S/C12H10.C10H12.C10H8.C8H4F6.C8H7N.C8H8O2.C8H10.C7H5F3.C7H6O2.C5H4N4.C4H4N2.C3H8N2.C3H6N2.C2H2N2O.14C2H6/c1-3-7-11(8-4-1)12-9-5-2-6-10-12;2*1-2-6-10-8-4-3-7-9(10)5-1;9-7(10,11)5-2-1-3-6(4-5)8(12,13)14;1-2-4-8-7(3-1)5-6-9-8;1-2-4-8-7(3-1)9-5-6-10-8;1-7-5-3-4-6-8(7)2;8-7(9,10)6-4-2-1-3-5-6;1-2-4-7-6(3-1)8-5-9-7;1-4-5(8-2-6-1)9-3-7-4;1-2-6-4-3-5-1;2*1-2-5-3-4-1;1-2-5-4-3-1;14*1-2/h1-10H;1-2,5-6H,3-4,7-8H2;1-8H;1-4H;1-6,9H;1-4H,5-6H2;3-6H,1-2H3;1-5H;1-4H,5H2;1-3H,(H,6,7,8,9);1-4H;4-5H,1-3H2;1,5H,2-3H2;1-2H;14*1-2H3. The Morgan fingerprint density at radius 3 is 0.993 bits per heavy atom. The molecule has 828 valence electrons. The maximum Gasteiger partial charge on any atom is 0.416 e. The van der Waals surface area contributed by atoms with Crippen molar-refractivity contribution < 1.29 is 63.0 Å². The van der Waals surface area contributed by atoms with Crippen molar-refractivity contribution in [3.05, 3.63) is 392 Å². The molecule has 11 aromatic carbocycles. The highest BCUT2D eigenvalue weighted by atomic mass is 19.4. The van der Waals surface area contributed by atoms with E-state index >= 15 is 0 Å². The van der Waals surface area contributed by atoms with Gasteiger partial charge in [-0.1, -0.05) is 430 Å². The van der Waals surface area contributed by atoms with Gasteiger partial charge in [0.25, 0.3) is 0 Å². The number of imidazole rings is 1. The monoisotopic (exact) mass is 2090 g/mol. The first-order chi connectivity index (χ1) is 73.4. The Morgan fingerprint density at radius 2 is 0.680 bits per heavy atom. The quantitative estimate of drug-likeness (QED) is 0.0965. The minimum atomic E-state index is -4.75. The first-order valence-corrected chi connectivity index (χ1v) is 52.7. The van der Waals surface area contributed by atoms with Crippen LogP contribution in [0.3, 0.4) is 0 Å². The SMILES string of the molecule is C1=NCNC1.C1CNCN1.CC.CC.CC.CC.CC.CC.CC.CC.CC.CC.CC.CC.CC.CC.Cc1ccccc1C.FC(F)(F)c1cccc(C(F)(F)F)c1.FC(F)(F)c1ccccc1.c1ccc(-c2ccccc2)cc1.c1ccc2[nH]ccc2c1.c1ccc2c(c1)CCCC2.c1ccc2c(c1)OCCO2.c1ccc2c(c1)OCO2.c1ccc2ccccc2c1.c1cnccn1.c1conn1.c1ncc2[nH]cnc2n1. The number of para-hydroxylation sites is 5. The van der Waals surface area contributed by atoms with Gasteiger partial charge < -0.3 is 44.1 Å². The van der Waals surface area contributed by atoms with E-state index < -0.39 is 35.2 Å². The van der Waals surface area contributed by atoms with Gasteiger partial charge in [-0.25, -0.2) is 15.0 Å². The van der Waals surface area contributed by atoms with Gasteiger partial charge in [0, 0.05) is 74.3 Å². The number of nitrogens with one attached hydrogen (secondary N) is 5. The Morgan fingerprint density at radius 1 is 0.320 bits per heavy atom. The summed E-state index contributed by atoms with van der Waals surface area (Å²) >= 11 is 0. The van der Waals surface area contributed by atoms with Crippen molar-refractivity contribution in [2.24, 2.45) is 4.99 Å². The molecule has 5 aliphatic rings. The fourth-order valence-corrected chi connectivity index (χ4v) is 10.9. The number of hydrogen-bond acceptors (Lipinski definition) is 16. The number of aromatic amines is 2. The highest BCUT2D eigenvalue weighted by molar-refractivity contribution is 5.82. The molecule has 5 aromatic heterocycles. The second kappa shape index (κ2) is 108. The predicted octanol–water partition coefficient (Wildman–Crippen LogP) is 36.6. The van der Waals surface area contributed by atoms with E-state index in [0.29, 0.717) is 37.8 Å². The maximum absolute atomic E-state index is 12.0. The van der Waals surface area contributed by atoms with Crippen molar-refractivity contribution in [2.75, 3.05) is 53.0 Å². The fraction of sp³-hybridized carbons (Fsp3) is 0.366. The van der Waals surface area contributed by atoms with Crippen molar-refractivity contribution in [1.82, 2.24) is 61.2 Å². The Hall–Kier alpha value is -13.9. The summed E-state index contributed by atoms with van der Waals surface area (Å²) in [5, 5.41) is 19.5. The lowest BCUT2D eigenvalue weighted by molar-refractivity contribution is -0.143. The lowest BCUT2D eigenvalue weighted by Gasteiger charge is -2.17. The maximum atomic E-state index is 12.0. The molecule has 18 nitrogen and oxygen atoms in total. The molecule has 21 rings (SSSR count). The molecule has 0 spiro atoms. The number of aromatic nitrogens is 9. The summed E-state index contributed by atoms with van der Waals surface area (Å²) in [6, 6.07) is 88.6. The predicted molar refractivity (Wildman–Crippen MR) is 620 cm³/mol. The minimum Gasteiger partial charge on any atom is -0.486 e. The Labute approximate surface area is 894 Å². The zero-order chi connectivity index (χ0) is 114. The van der Waals surface area contributed by atoms with Crippen LogP contribution < -0.4 is 34.9 Å². The summed E-state index contributed by atoms with van der Waals surface area (Å²) in [6.45, 7) is 67.0. The molecule has 0 atom stereocenters. The average molecular weight is 2090 g/mol. The summed E-state index contributed by atoms with van der Waals surface area (Å²) in [7, 11) is 0. The lowest BCUT2D eigenvalue weighted by atomic mass is 9.92. The lowest BCUT2D eigenvalue weighted by Crippen LogP contribution is -2.14. The number of ether oxygens (including phenoxy) is 4. The molecule has 5 N–H and O–H groups in total. The third-order valence-electron chi connectivity index (χ3n) is 17.2. The molecular weight excluding hydrogens is 1910 g/mol. The third kappa shape index (κ3) is 74.1. The van der Waals surface area contributed by atoms with Crippen LogP contribution in [0.5, 0.6) is 23.0 Å². The van der Waals surface area contributed by atoms with Crippen LogP contribution in [0.15, 0.2) is 363 Å². The number of fused-ring (bicyclic) bond motifs is 6. The van der Waals surface area contributed by atoms with Gasteiger partial charge in [-0.05, 0) is 144 Å². The molecule has 1 fully saturated rings. The number of rotatable bonds is 1. The smallest absolute Gasteiger partial charge is 0.416 e. The van der Waals surface area contributed by atoms with E-state index in [-0.39, 0.29) is 6.07 Å². The molecule has 1 aliphatic carbocycles. The number of halogens is 9. The first kappa shape index (κ1) is 149. The van der Waals surface area contributed by atoms with E-state index in [1.807, 2.05) is 279 Å². The minimum absolute atomic E-state index is 0.0833. The van der Waals surface area contributed by atoms with E-state index in [9.17, 15) is 39.5 Å². The van der Waals surface area contributed by atoms with Crippen LogP contribution in [0, 0.1) is 13.8 Å². The molecule has 27 heteroatoms. The van der Waals surface area contributed by atoms with Crippen molar-refractivity contribution in [1.29, 1.82) is 0 Å². The second-order valence-corrected chi connectivity index (χ2v) is 25.9. The van der Waals surface area contributed by atoms with Crippen LogP contribution in [-0.4, -0.2) is 104 Å². The number of aliphatic imine (C=N–C) groups is 1. The van der Waals surface area contributed by atoms with Gasteiger partial charge >= 0.3 is 18.5 Å². The number of aryl methyl sites for hydroxylation is 4. The molecule has 0 radical (unpaired) electrons. The Bertz CT molecular complexity index is 5010. The highest BCUT2D eigenvalue weighted by Crippen LogP contribution is 2.36. The van der Waals surface area contributed by atoms with E-state index in [1.54, 1.807) is 54.5 Å². The Balaban J connectivity index is -0.000000290. The topological polar surface area (TPSA) is 220 Å². The zero-order valence-electron chi connectivity index (χ0n) is 95.1. The van der Waals surface area contributed by atoms with Crippen LogP contribution in [0.25, 0.3) is 44.0 Å². The van der Waals surface area contributed by atoms with E-state index in [4.69, 9.17) is 18.9 Å². The normalized spacial score (nSPS) is 10.7. The average Bonchev–Trinajstić information content (AvgIpc) is 0.855. The second-order valence-electron chi connectivity index (χ2n) is 25.9. The largest absolute Gasteiger partial charge is 0.486 e. The summed E-state index contributed by atoms with van der Waals surface area (Å²) in [6.07, 6.45) is 9.69. The van der Waals surface area contributed by atoms with Crippen LogP contribution in [0.2, 0.25) is 0 Å². The molecule has 0 unspecified atom stereocenters. The third-order valence-corrected chi connectivity index (χ3v) is 17.2. The molecular formula is C123H178F9N13O5. The molecule has 1 saturated heterocycles. The van der Waals surface area contributed by atoms with Crippen LogP contribution >= 0.6 is 0 Å². The number of benzene rings is 11. The van der Waals surface area contributed by atoms with Gasteiger partial charge in [0.05, 0.1) is 42.1 Å². The van der Waals surface area contributed by atoms with E-state index in [0.717, 1.165) is 79.7 Å².